The first-order chi connectivity index (χ1) is 14.2. The lowest BCUT2D eigenvalue weighted by molar-refractivity contribution is -0.116. The number of pyridine rings is 1. The molecule has 2 N–H and O–H groups in total. The number of sulfonamides is 1. The molecule has 0 saturated heterocycles. The summed E-state index contributed by atoms with van der Waals surface area (Å²) in [7, 11) is -3.80. The molecule has 3 rings (SSSR count). The van der Waals surface area contributed by atoms with Gasteiger partial charge in [0, 0.05) is 24.5 Å². The third-order valence-corrected chi connectivity index (χ3v) is 6.26. The van der Waals surface area contributed by atoms with Gasteiger partial charge < -0.3 is 5.32 Å². The Balaban J connectivity index is 1.74. The highest BCUT2D eigenvalue weighted by atomic mass is 32.2. The van der Waals surface area contributed by atoms with Crippen LogP contribution in [0.3, 0.4) is 0 Å². The summed E-state index contributed by atoms with van der Waals surface area (Å²) in [6, 6.07) is 14.1. The molecule has 0 saturated carbocycles. The summed E-state index contributed by atoms with van der Waals surface area (Å²) in [6.07, 6.45) is 4.25. The molecule has 0 atom stereocenters. The predicted molar refractivity (Wildman–Crippen MR) is 119 cm³/mol. The summed E-state index contributed by atoms with van der Waals surface area (Å²) in [5.74, 6) is -0.187. The number of hydrogen-bond donors (Lipinski definition) is 2. The van der Waals surface area contributed by atoms with Crippen LogP contribution in [0.15, 0.2) is 65.8 Å². The highest BCUT2D eigenvalue weighted by Crippen LogP contribution is 2.25. The zero-order chi connectivity index (χ0) is 21.7. The van der Waals surface area contributed by atoms with Crippen molar-refractivity contribution in [3.05, 3.63) is 83.2 Å². The minimum Gasteiger partial charge on any atom is -0.326 e. The van der Waals surface area contributed by atoms with E-state index in [2.05, 4.69) is 15.0 Å². The lowest BCUT2D eigenvalue weighted by atomic mass is 10.1. The first kappa shape index (κ1) is 21.5. The Morgan fingerprint density at radius 1 is 1.00 bits per heavy atom. The van der Waals surface area contributed by atoms with Gasteiger partial charge in [0.05, 0.1) is 10.6 Å². The highest BCUT2D eigenvalue weighted by molar-refractivity contribution is 7.92. The zero-order valence-electron chi connectivity index (χ0n) is 17.3. The second-order valence-corrected chi connectivity index (χ2v) is 8.96. The molecule has 1 heterocycles. The number of carbonyl (C=O) groups is 1. The largest absolute Gasteiger partial charge is 0.326 e. The molecule has 0 fully saturated rings. The fraction of sp³-hybridized carbons (Fsp3) is 0.217. The molecular weight excluding hydrogens is 398 g/mol. The van der Waals surface area contributed by atoms with Gasteiger partial charge >= 0.3 is 0 Å². The molecule has 156 valence electrons. The molecule has 7 heteroatoms. The maximum Gasteiger partial charge on any atom is 0.262 e. The Labute approximate surface area is 177 Å². The molecule has 0 aliphatic heterocycles. The summed E-state index contributed by atoms with van der Waals surface area (Å²) in [5, 5.41) is 2.78. The Hall–Kier alpha value is -3.19. The van der Waals surface area contributed by atoms with Gasteiger partial charge in [-0.2, -0.15) is 0 Å². The van der Waals surface area contributed by atoms with Gasteiger partial charge in [-0.1, -0.05) is 29.8 Å². The van der Waals surface area contributed by atoms with E-state index in [-0.39, 0.29) is 17.2 Å². The topological polar surface area (TPSA) is 88.2 Å². The van der Waals surface area contributed by atoms with Gasteiger partial charge in [-0.05, 0) is 68.1 Å². The number of carbonyl (C=O) groups excluding carboxylic acids is 1. The molecule has 0 unspecified atom stereocenters. The SMILES string of the molecule is Cc1ccc(NS(=O)(=O)c2cc(NC(=O)CCc3cccnc3)ccc2C)c(C)c1. The van der Waals surface area contributed by atoms with Crippen LogP contribution < -0.4 is 10.0 Å². The van der Waals surface area contributed by atoms with E-state index in [1.54, 1.807) is 37.5 Å². The second kappa shape index (κ2) is 9.09. The normalized spacial score (nSPS) is 11.2. The average molecular weight is 424 g/mol. The number of amides is 1. The van der Waals surface area contributed by atoms with Crippen LogP contribution in [0.2, 0.25) is 0 Å². The van der Waals surface area contributed by atoms with Crippen molar-refractivity contribution in [2.24, 2.45) is 0 Å². The molecule has 6 nitrogen and oxygen atoms in total. The van der Waals surface area contributed by atoms with Crippen LogP contribution in [0.1, 0.15) is 28.7 Å². The summed E-state index contributed by atoms with van der Waals surface area (Å²) < 4.78 is 28.6. The van der Waals surface area contributed by atoms with Gasteiger partial charge in [-0.3, -0.25) is 14.5 Å². The van der Waals surface area contributed by atoms with E-state index in [1.807, 2.05) is 38.1 Å². The van der Waals surface area contributed by atoms with Crippen LogP contribution in [0.25, 0.3) is 0 Å². The molecule has 30 heavy (non-hydrogen) atoms. The van der Waals surface area contributed by atoms with Gasteiger partial charge in [0.15, 0.2) is 0 Å². The quantitative estimate of drug-likeness (QED) is 0.590. The molecule has 0 aliphatic carbocycles. The molecule has 1 aromatic heterocycles. The van der Waals surface area contributed by atoms with E-state index >= 15 is 0 Å². The van der Waals surface area contributed by atoms with Gasteiger partial charge in [0.25, 0.3) is 10.0 Å². The maximum absolute atomic E-state index is 13.0. The van der Waals surface area contributed by atoms with E-state index in [1.165, 1.54) is 6.07 Å². The molecule has 3 aromatic rings. The molecule has 2 aromatic carbocycles. The fourth-order valence-corrected chi connectivity index (χ4v) is 4.53. The van der Waals surface area contributed by atoms with Crippen LogP contribution in [-0.4, -0.2) is 19.3 Å². The molecule has 0 bridgehead atoms. The van der Waals surface area contributed by atoms with Crippen molar-refractivity contribution in [3.63, 3.8) is 0 Å². The second-order valence-electron chi connectivity index (χ2n) is 7.31. The molecular formula is C23H25N3O3S. The Morgan fingerprint density at radius 3 is 2.50 bits per heavy atom. The Morgan fingerprint density at radius 2 is 1.80 bits per heavy atom. The van der Waals surface area contributed by atoms with Crippen molar-refractivity contribution < 1.29 is 13.2 Å². The van der Waals surface area contributed by atoms with Crippen LogP contribution in [0.5, 0.6) is 0 Å². The van der Waals surface area contributed by atoms with Crippen molar-refractivity contribution >= 4 is 27.3 Å². The number of hydrogen-bond acceptors (Lipinski definition) is 4. The predicted octanol–water partition coefficient (Wildman–Crippen LogP) is 4.38. The highest BCUT2D eigenvalue weighted by Gasteiger charge is 2.19. The van der Waals surface area contributed by atoms with Crippen molar-refractivity contribution in [1.29, 1.82) is 0 Å². The van der Waals surface area contributed by atoms with Crippen LogP contribution >= 0.6 is 0 Å². The minimum absolute atomic E-state index is 0.132. The van der Waals surface area contributed by atoms with E-state index in [4.69, 9.17) is 0 Å². The number of aryl methyl sites for hydroxylation is 4. The van der Waals surface area contributed by atoms with Crippen molar-refractivity contribution in [2.45, 2.75) is 38.5 Å². The van der Waals surface area contributed by atoms with Gasteiger partial charge in [0.2, 0.25) is 5.91 Å². The molecule has 0 aliphatic rings. The van der Waals surface area contributed by atoms with Crippen molar-refractivity contribution in [1.82, 2.24) is 4.98 Å². The average Bonchev–Trinajstić information content (AvgIpc) is 2.71. The standard InChI is InChI=1S/C23H25N3O3S/c1-16-6-10-21(18(3)13-16)26-30(28,29)22-14-20(9-7-17(22)2)25-23(27)11-8-19-5-4-12-24-15-19/h4-7,9-10,12-15,26H,8,11H2,1-3H3,(H,25,27). The third-order valence-electron chi connectivity index (χ3n) is 4.75. The summed E-state index contributed by atoms with van der Waals surface area (Å²) in [5.41, 5.74) is 4.44. The van der Waals surface area contributed by atoms with E-state index in [9.17, 15) is 13.2 Å². The first-order valence-corrected chi connectivity index (χ1v) is 11.1. The number of benzene rings is 2. The Bertz CT molecular complexity index is 1160. The fourth-order valence-electron chi connectivity index (χ4n) is 3.12. The number of anilines is 2. The van der Waals surface area contributed by atoms with Gasteiger partial charge in [-0.25, -0.2) is 8.42 Å². The summed E-state index contributed by atoms with van der Waals surface area (Å²) >= 11 is 0. The van der Waals surface area contributed by atoms with E-state index in [0.717, 1.165) is 16.7 Å². The number of aromatic nitrogens is 1. The first-order valence-electron chi connectivity index (χ1n) is 9.64. The monoisotopic (exact) mass is 423 g/mol. The van der Waals surface area contributed by atoms with Gasteiger partial charge in [-0.15, -0.1) is 0 Å². The summed E-state index contributed by atoms with van der Waals surface area (Å²) in [4.78, 5) is 16.5. The lowest BCUT2D eigenvalue weighted by Crippen LogP contribution is -2.17. The summed E-state index contributed by atoms with van der Waals surface area (Å²) in [6.45, 7) is 5.54. The number of rotatable bonds is 7. The van der Waals surface area contributed by atoms with Crippen LogP contribution in [0, 0.1) is 20.8 Å². The Kier molecular flexibility index (Phi) is 6.52. The molecule has 0 spiro atoms. The van der Waals surface area contributed by atoms with Crippen LogP contribution in [0.4, 0.5) is 11.4 Å². The lowest BCUT2D eigenvalue weighted by Gasteiger charge is -2.14. The van der Waals surface area contributed by atoms with E-state index in [0.29, 0.717) is 23.4 Å². The minimum atomic E-state index is -3.80. The van der Waals surface area contributed by atoms with Crippen molar-refractivity contribution in [2.75, 3.05) is 10.0 Å². The maximum atomic E-state index is 13.0. The molecule has 0 radical (unpaired) electrons. The zero-order valence-corrected chi connectivity index (χ0v) is 18.1. The van der Waals surface area contributed by atoms with E-state index < -0.39 is 10.0 Å². The molecule has 1 amide bonds. The number of nitrogens with zero attached hydrogens (tertiary/aromatic N) is 1. The smallest absolute Gasteiger partial charge is 0.262 e. The number of nitrogens with one attached hydrogen (secondary N) is 2. The van der Waals surface area contributed by atoms with Crippen molar-refractivity contribution in [3.8, 4) is 0 Å². The van der Waals surface area contributed by atoms with Crippen LogP contribution in [-0.2, 0) is 21.2 Å². The van der Waals surface area contributed by atoms with Gasteiger partial charge in [0.1, 0.15) is 0 Å². The third kappa shape index (κ3) is 5.45.